The van der Waals surface area contributed by atoms with Crippen molar-refractivity contribution in [2.24, 2.45) is 11.7 Å². The minimum atomic E-state index is -2.29. The lowest BCUT2D eigenvalue weighted by Gasteiger charge is -2.15. The number of hydrogen-bond donors (Lipinski definition) is 2. The lowest BCUT2D eigenvalue weighted by Crippen LogP contribution is -2.37. The zero-order chi connectivity index (χ0) is 15.0. The fourth-order valence-electron chi connectivity index (χ4n) is 1.77. The van der Waals surface area contributed by atoms with Crippen LogP contribution in [0.25, 0.3) is 0 Å². The van der Waals surface area contributed by atoms with Crippen LogP contribution in [-0.4, -0.2) is 25.2 Å². The predicted octanol–water partition coefficient (Wildman–Crippen LogP) is 1.29. The molecular formula is C11H9F5N2O2. The molecule has 1 aromatic rings. The normalized spacial score (nSPS) is 22.1. The monoisotopic (exact) mass is 296 g/mol. The van der Waals surface area contributed by atoms with Gasteiger partial charge in [0, 0.05) is 6.04 Å². The van der Waals surface area contributed by atoms with Crippen LogP contribution < -0.4 is 11.1 Å². The molecule has 9 heteroatoms. The van der Waals surface area contributed by atoms with Gasteiger partial charge in [-0.2, -0.15) is 0 Å². The molecule has 0 aromatic heterocycles. The standard InChI is InChI=1S/C11H9F5N2O2/c12-5-6(13)8(15)10(9(16)7(5)14)18-11(19)3-1-20-2-4(3)17/h3-4H,1-2,17H2,(H,18,19). The van der Waals surface area contributed by atoms with Gasteiger partial charge in [-0.25, -0.2) is 22.0 Å². The second kappa shape index (κ2) is 5.33. The third-order valence-corrected chi connectivity index (χ3v) is 2.92. The summed E-state index contributed by atoms with van der Waals surface area (Å²) in [7, 11) is 0. The summed E-state index contributed by atoms with van der Waals surface area (Å²) >= 11 is 0. The molecule has 20 heavy (non-hydrogen) atoms. The molecule has 1 fully saturated rings. The number of halogens is 5. The van der Waals surface area contributed by atoms with E-state index in [0.29, 0.717) is 0 Å². The Morgan fingerprint density at radius 2 is 1.50 bits per heavy atom. The van der Waals surface area contributed by atoms with Gasteiger partial charge in [-0.3, -0.25) is 4.79 Å². The molecule has 0 saturated carbocycles. The maximum absolute atomic E-state index is 13.3. The highest BCUT2D eigenvalue weighted by molar-refractivity contribution is 5.93. The van der Waals surface area contributed by atoms with Gasteiger partial charge >= 0.3 is 0 Å². The van der Waals surface area contributed by atoms with Crippen molar-refractivity contribution >= 4 is 11.6 Å². The zero-order valence-corrected chi connectivity index (χ0v) is 9.85. The fraction of sp³-hybridized carbons (Fsp3) is 0.364. The van der Waals surface area contributed by atoms with Crippen LogP contribution >= 0.6 is 0 Å². The molecule has 0 radical (unpaired) electrons. The lowest BCUT2D eigenvalue weighted by molar-refractivity contribution is -0.120. The highest BCUT2D eigenvalue weighted by atomic mass is 19.2. The fourth-order valence-corrected chi connectivity index (χ4v) is 1.77. The highest BCUT2D eigenvalue weighted by Gasteiger charge is 2.34. The second-order valence-corrected chi connectivity index (χ2v) is 4.24. The predicted molar refractivity (Wildman–Crippen MR) is 57.1 cm³/mol. The van der Waals surface area contributed by atoms with Crippen LogP contribution in [0.4, 0.5) is 27.6 Å². The topological polar surface area (TPSA) is 64.3 Å². The molecule has 3 N–H and O–H groups in total. The summed E-state index contributed by atoms with van der Waals surface area (Å²) < 4.78 is 70.3. The van der Waals surface area contributed by atoms with Gasteiger partial charge in [-0.05, 0) is 0 Å². The van der Waals surface area contributed by atoms with E-state index in [4.69, 9.17) is 10.5 Å². The number of ether oxygens (including phenoxy) is 1. The summed E-state index contributed by atoms with van der Waals surface area (Å²) in [6, 6.07) is -0.712. The number of anilines is 1. The molecule has 0 aliphatic carbocycles. The molecule has 0 spiro atoms. The van der Waals surface area contributed by atoms with Crippen molar-refractivity contribution in [3.8, 4) is 0 Å². The molecule has 1 aliphatic rings. The van der Waals surface area contributed by atoms with Gasteiger partial charge in [0.15, 0.2) is 23.3 Å². The Kier molecular flexibility index (Phi) is 3.91. The summed E-state index contributed by atoms with van der Waals surface area (Å²) in [5.74, 6) is -12.7. The Balaban J connectivity index is 2.32. The third-order valence-electron chi connectivity index (χ3n) is 2.92. The number of nitrogens with one attached hydrogen (secondary N) is 1. The van der Waals surface area contributed by atoms with Crippen LogP contribution in [0.15, 0.2) is 0 Å². The maximum atomic E-state index is 13.3. The zero-order valence-electron chi connectivity index (χ0n) is 9.85. The third kappa shape index (κ3) is 2.34. The van der Waals surface area contributed by atoms with Crippen molar-refractivity contribution in [1.29, 1.82) is 0 Å². The van der Waals surface area contributed by atoms with Crippen molar-refractivity contribution in [1.82, 2.24) is 0 Å². The SMILES string of the molecule is NC1COCC1C(=O)Nc1c(F)c(F)c(F)c(F)c1F. The number of benzene rings is 1. The van der Waals surface area contributed by atoms with E-state index >= 15 is 0 Å². The molecule has 1 heterocycles. The molecule has 110 valence electrons. The first-order chi connectivity index (χ1) is 9.34. The minimum Gasteiger partial charge on any atom is -0.379 e. The average molecular weight is 296 g/mol. The summed E-state index contributed by atoms with van der Waals surface area (Å²) in [4.78, 5) is 11.7. The van der Waals surface area contributed by atoms with Gasteiger partial charge in [0.25, 0.3) is 0 Å². The van der Waals surface area contributed by atoms with Crippen LogP contribution in [0.5, 0.6) is 0 Å². The van der Waals surface area contributed by atoms with Crippen molar-refractivity contribution in [2.75, 3.05) is 18.5 Å². The minimum absolute atomic E-state index is 0.0647. The molecule has 4 nitrogen and oxygen atoms in total. The molecule has 0 bridgehead atoms. The molecule has 1 amide bonds. The highest BCUT2D eigenvalue weighted by Crippen LogP contribution is 2.28. The number of hydrogen-bond acceptors (Lipinski definition) is 3. The Hall–Kier alpha value is -1.74. The molecule has 1 aliphatic heterocycles. The number of rotatable bonds is 2. The van der Waals surface area contributed by atoms with Gasteiger partial charge < -0.3 is 15.8 Å². The smallest absolute Gasteiger partial charge is 0.231 e. The maximum Gasteiger partial charge on any atom is 0.231 e. The molecule has 2 atom stereocenters. The van der Waals surface area contributed by atoms with Crippen molar-refractivity contribution in [3.05, 3.63) is 29.1 Å². The second-order valence-electron chi connectivity index (χ2n) is 4.24. The van der Waals surface area contributed by atoms with Crippen LogP contribution in [0.2, 0.25) is 0 Å². The Labute approximate surface area is 109 Å². The van der Waals surface area contributed by atoms with E-state index in [2.05, 4.69) is 0 Å². The average Bonchev–Trinajstić information content (AvgIpc) is 2.85. The Bertz CT molecular complexity index is 537. The Morgan fingerprint density at radius 1 is 1.00 bits per heavy atom. The number of amides is 1. The van der Waals surface area contributed by atoms with Crippen molar-refractivity contribution in [3.63, 3.8) is 0 Å². The summed E-state index contributed by atoms with van der Waals surface area (Å²) in [5.41, 5.74) is 4.11. The first-order valence-corrected chi connectivity index (χ1v) is 5.50. The number of nitrogens with two attached hydrogens (primary N) is 1. The first kappa shape index (κ1) is 14.7. The van der Waals surface area contributed by atoms with Gasteiger partial charge in [-0.1, -0.05) is 0 Å². The van der Waals surface area contributed by atoms with E-state index in [1.54, 1.807) is 5.32 Å². The first-order valence-electron chi connectivity index (χ1n) is 5.50. The van der Waals surface area contributed by atoms with E-state index in [-0.39, 0.29) is 13.2 Å². The van der Waals surface area contributed by atoms with Crippen LogP contribution in [0.1, 0.15) is 0 Å². The number of carbonyl (C=O) groups excluding carboxylic acids is 1. The molecule has 2 unspecified atom stereocenters. The summed E-state index contributed by atoms with van der Waals surface area (Å²) in [6.07, 6.45) is 0. The Morgan fingerprint density at radius 3 is 1.95 bits per heavy atom. The van der Waals surface area contributed by atoms with E-state index in [1.165, 1.54) is 0 Å². The van der Waals surface area contributed by atoms with Crippen molar-refractivity contribution < 1.29 is 31.5 Å². The van der Waals surface area contributed by atoms with Gasteiger partial charge in [-0.15, -0.1) is 0 Å². The van der Waals surface area contributed by atoms with Crippen LogP contribution in [0, 0.1) is 35.0 Å². The molecule has 1 saturated heterocycles. The van der Waals surface area contributed by atoms with E-state index < -0.39 is 52.6 Å². The quantitative estimate of drug-likeness (QED) is 0.491. The van der Waals surface area contributed by atoms with Crippen molar-refractivity contribution in [2.45, 2.75) is 6.04 Å². The summed E-state index contributed by atoms with van der Waals surface area (Å²) in [5, 5.41) is 1.66. The van der Waals surface area contributed by atoms with Gasteiger partial charge in [0.2, 0.25) is 11.7 Å². The number of carbonyl (C=O) groups is 1. The van der Waals surface area contributed by atoms with Crippen LogP contribution in [0.3, 0.4) is 0 Å². The van der Waals surface area contributed by atoms with Crippen LogP contribution in [-0.2, 0) is 9.53 Å². The van der Waals surface area contributed by atoms with Gasteiger partial charge in [0.05, 0.1) is 19.1 Å². The van der Waals surface area contributed by atoms with Gasteiger partial charge in [0.1, 0.15) is 5.69 Å². The summed E-state index contributed by atoms with van der Waals surface area (Å²) in [6.45, 7) is -0.0302. The molecule has 2 rings (SSSR count). The molecule has 1 aromatic carbocycles. The molecular weight excluding hydrogens is 287 g/mol. The van der Waals surface area contributed by atoms with E-state index in [9.17, 15) is 26.7 Å². The van der Waals surface area contributed by atoms with E-state index in [0.717, 1.165) is 0 Å². The largest absolute Gasteiger partial charge is 0.379 e. The van der Waals surface area contributed by atoms with E-state index in [1.807, 2.05) is 0 Å². The lowest BCUT2D eigenvalue weighted by atomic mass is 10.0.